The minimum Gasteiger partial charge on any atom is -0.478 e. The summed E-state index contributed by atoms with van der Waals surface area (Å²) in [6, 6.07) is 2.01. The van der Waals surface area contributed by atoms with E-state index in [4.69, 9.17) is 22.4 Å². The Morgan fingerprint density at radius 2 is 2.27 bits per heavy atom. The lowest BCUT2D eigenvalue weighted by molar-refractivity contribution is 0.0696. The van der Waals surface area contributed by atoms with Crippen LogP contribution in [0.3, 0.4) is 0 Å². The van der Waals surface area contributed by atoms with Crippen LogP contribution >= 0.6 is 11.6 Å². The van der Waals surface area contributed by atoms with Gasteiger partial charge in [-0.05, 0) is 12.1 Å². The fraction of sp³-hybridized carbons (Fsp3) is 0.100. The topological polar surface area (TPSA) is 63.3 Å². The number of hydrogen-bond donors (Lipinski definition) is 2. The molecule has 0 unspecified atom stereocenters. The van der Waals surface area contributed by atoms with Crippen molar-refractivity contribution >= 4 is 17.6 Å². The van der Waals surface area contributed by atoms with Gasteiger partial charge in [0.05, 0.1) is 22.7 Å². The molecule has 0 aliphatic rings. The second kappa shape index (κ2) is 4.78. The molecular weight excluding hydrogens is 221 g/mol. The average Bonchev–Trinajstić information content (AvgIpc) is 2.18. The van der Waals surface area contributed by atoms with Gasteiger partial charge in [-0.25, -0.2) is 9.18 Å². The van der Waals surface area contributed by atoms with Crippen molar-refractivity contribution in [2.75, 3.05) is 6.54 Å². The average molecular weight is 228 g/mol. The van der Waals surface area contributed by atoms with Gasteiger partial charge in [0.15, 0.2) is 0 Å². The summed E-state index contributed by atoms with van der Waals surface area (Å²) < 4.78 is 13.2. The number of carboxylic acid groups (broad SMARTS) is 1. The third-order valence-corrected chi connectivity index (χ3v) is 1.92. The summed E-state index contributed by atoms with van der Waals surface area (Å²) in [5.74, 6) is 2.90. The summed E-state index contributed by atoms with van der Waals surface area (Å²) in [5, 5.41) is 8.60. The highest BCUT2D eigenvalue weighted by Crippen LogP contribution is 2.20. The zero-order valence-electron chi connectivity index (χ0n) is 7.55. The maximum atomic E-state index is 13.2. The first-order chi connectivity index (χ1) is 7.06. The van der Waals surface area contributed by atoms with E-state index in [1.54, 1.807) is 0 Å². The highest BCUT2D eigenvalue weighted by molar-refractivity contribution is 6.33. The maximum Gasteiger partial charge on any atom is 0.337 e. The van der Waals surface area contributed by atoms with Gasteiger partial charge in [0.2, 0.25) is 0 Å². The molecule has 3 N–H and O–H groups in total. The van der Waals surface area contributed by atoms with E-state index < -0.39 is 11.8 Å². The van der Waals surface area contributed by atoms with Crippen molar-refractivity contribution in [3.8, 4) is 11.8 Å². The van der Waals surface area contributed by atoms with Gasteiger partial charge in [0.1, 0.15) is 5.82 Å². The smallest absolute Gasteiger partial charge is 0.337 e. The van der Waals surface area contributed by atoms with Crippen LogP contribution in [0.15, 0.2) is 12.1 Å². The van der Waals surface area contributed by atoms with Gasteiger partial charge in [0.25, 0.3) is 0 Å². The van der Waals surface area contributed by atoms with Crippen molar-refractivity contribution < 1.29 is 14.3 Å². The van der Waals surface area contributed by atoms with Crippen molar-refractivity contribution in [3.05, 3.63) is 34.1 Å². The lowest BCUT2D eigenvalue weighted by Gasteiger charge is -2.00. The van der Waals surface area contributed by atoms with E-state index >= 15 is 0 Å². The van der Waals surface area contributed by atoms with Crippen LogP contribution in [0.25, 0.3) is 0 Å². The van der Waals surface area contributed by atoms with E-state index in [9.17, 15) is 9.18 Å². The number of aromatic carboxylic acids is 1. The second-order valence-electron chi connectivity index (χ2n) is 2.62. The van der Waals surface area contributed by atoms with Crippen LogP contribution in [0.4, 0.5) is 4.39 Å². The van der Waals surface area contributed by atoms with Crippen molar-refractivity contribution in [2.45, 2.75) is 0 Å². The Morgan fingerprint density at radius 1 is 1.60 bits per heavy atom. The van der Waals surface area contributed by atoms with Crippen molar-refractivity contribution in [2.24, 2.45) is 5.73 Å². The first-order valence-electron chi connectivity index (χ1n) is 3.97. The Bertz CT molecular complexity index is 462. The normalized spacial score (nSPS) is 9.27. The Labute approximate surface area is 90.7 Å². The van der Waals surface area contributed by atoms with E-state index in [0.717, 1.165) is 6.07 Å². The molecule has 0 aliphatic carbocycles. The molecule has 1 aromatic rings. The lowest BCUT2D eigenvalue weighted by Crippen LogP contribution is -2.00. The van der Waals surface area contributed by atoms with Crippen LogP contribution in [0, 0.1) is 17.7 Å². The van der Waals surface area contributed by atoms with Crippen LogP contribution in [-0.2, 0) is 0 Å². The minimum absolute atomic E-state index is 0.0375. The number of carboxylic acids is 1. The van der Waals surface area contributed by atoms with Gasteiger partial charge >= 0.3 is 5.97 Å². The zero-order valence-corrected chi connectivity index (χ0v) is 8.31. The van der Waals surface area contributed by atoms with E-state index in [0.29, 0.717) is 0 Å². The van der Waals surface area contributed by atoms with Gasteiger partial charge in [0, 0.05) is 0 Å². The molecular formula is C10H7ClFNO2. The summed E-state index contributed by atoms with van der Waals surface area (Å²) >= 11 is 5.63. The molecule has 0 saturated carbocycles. The third kappa shape index (κ3) is 2.69. The van der Waals surface area contributed by atoms with Crippen LogP contribution < -0.4 is 5.73 Å². The number of rotatable bonds is 1. The van der Waals surface area contributed by atoms with Gasteiger partial charge in [-0.2, -0.15) is 0 Å². The third-order valence-electron chi connectivity index (χ3n) is 1.61. The molecule has 0 atom stereocenters. The van der Waals surface area contributed by atoms with Crippen molar-refractivity contribution in [1.82, 2.24) is 0 Å². The minimum atomic E-state index is -1.28. The first kappa shape index (κ1) is 11.5. The molecule has 78 valence electrons. The largest absolute Gasteiger partial charge is 0.478 e. The summed E-state index contributed by atoms with van der Waals surface area (Å²) in [7, 11) is 0. The molecule has 0 radical (unpaired) electrons. The molecule has 0 bridgehead atoms. The predicted molar refractivity (Wildman–Crippen MR) is 54.3 cm³/mol. The molecule has 1 aromatic carbocycles. The van der Waals surface area contributed by atoms with Crippen molar-refractivity contribution in [1.29, 1.82) is 0 Å². The maximum absolute atomic E-state index is 13.2. The fourth-order valence-corrected chi connectivity index (χ4v) is 1.20. The number of carbonyl (C=O) groups is 1. The molecule has 0 aromatic heterocycles. The second-order valence-corrected chi connectivity index (χ2v) is 3.03. The van der Waals surface area contributed by atoms with Crippen LogP contribution in [0.5, 0.6) is 0 Å². The lowest BCUT2D eigenvalue weighted by atomic mass is 10.1. The van der Waals surface area contributed by atoms with Gasteiger partial charge in [-0.1, -0.05) is 23.4 Å². The summed E-state index contributed by atoms with van der Waals surface area (Å²) in [4.78, 5) is 10.6. The monoisotopic (exact) mass is 227 g/mol. The molecule has 5 heteroatoms. The van der Waals surface area contributed by atoms with Gasteiger partial charge in [-0.15, -0.1) is 0 Å². The molecule has 15 heavy (non-hydrogen) atoms. The molecule has 0 amide bonds. The van der Waals surface area contributed by atoms with Gasteiger partial charge in [-0.3, -0.25) is 0 Å². The quantitative estimate of drug-likeness (QED) is 0.715. The summed E-state index contributed by atoms with van der Waals surface area (Å²) in [5.41, 5.74) is 4.87. The Kier molecular flexibility index (Phi) is 3.67. The van der Waals surface area contributed by atoms with Gasteiger partial charge < -0.3 is 10.8 Å². The zero-order chi connectivity index (χ0) is 11.4. The molecule has 1 rings (SSSR count). The Hall–Kier alpha value is -1.57. The summed E-state index contributed by atoms with van der Waals surface area (Å²) in [6.07, 6.45) is 0. The van der Waals surface area contributed by atoms with Crippen LogP contribution in [0.2, 0.25) is 5.02 Å². The number of nitrogens with two attached hydrogens (primary N) is 1. The highest BCUT2D eigenvalue weighted by atomic mass is 35.5. The van der Waals surface area contributed by atoms with Crippen LogP contribution in [0.1, 0.15) is 15.9 Å². The van der Waals surface area contributed by atoms with E-state index in [2.05, 4.69) is 11.8 Å². The van der Waals surface area contributed by atoms with E-state index in [1.807, 2.05) is 0 Å². The highest BCUT2D eigenvalue weighted by Gasteiger charge is 2.12. The molecule has 0 spiro atoms. The Balaban J connectivity index is 3.25. The molecule has 0 fully saturated rings. The Morgan fingerprint density at radius 3 is 2.80 bits per heavy atom. The number of halogens is 2. The predicted octanol–water partition coefficient (Wildman–Crippen LogP) is 1.49. The standard InChI is InChI=1S/C10H7ClFNO2/c11-8-4-6(2-1-3-13)9(12)5-7(8)10(14)15/h4-5H,3,13H2,(H,14,15). The molecule has 0 saturated heterocycles. The van der Waals surface area contributed by atoms with E-state index in [-0.39, 0.29) is 22.7 Å². The fourth-order valence-electron chi connectivity index (χ4n) is 0.953. The van der Waals surface area contributed by atoms with E-state index in [1.165, 1.54) is 6.07 Å². The first-order valence-corrected chi connectivity index (χ1v) is 4.35. The SMILES string of the molecule is NCC#Cc1cc(Cl)c(C(=O)O)cc1F. The summed E-state index contributed by atoms with van der Waals surface area (Å²) in [6.45, 7) is 0.0950. The molecule has 0 aliphatic heterocycles. The number of hydrogen-bond acceptors (Lipinski definition) is 2. The van der Waals surface area contributed by atoms with Crippen LogP contribution in [-0.4, -0.2) is 17.6 Å². The molecule has 0 heterocycles. The number of benzene rings is 1. The van der Waals surface area contributed by atoms with Crippen molar-refractivity contribution in [3.63, 3.8) is 0 Å². The molecule has 3 nitrogen and oxygen atoms in total.